The summed E-state index contributed by atoms with van der Waals surface area (Å²) in [6.07, 6.45) is 5.10. The van der Waals surface area contributed by atoms with Crippen LogP contribution in [-0.4, -0.2) is 69.0 Å². The van der Waals surface area contributed by atoms with Crippen LogP contribution in [0, 0.1) is 5.92 Å². The predicted octanol–water partition coefficient (Wildman–Crippen LogP) is -0.686. The Morgan fingerprint density at radius 1 is 1.36 bits per heavy atom. The number of nitrogens with one attached hydrogen (secondary N) is 1. The summed E-state index contributed by atoms with van der Waals surface area (Å²) in [5, 5.41) is 6.91. The van der Waals surface area contributed by atoms with Gasteiger partial charge in [-0.1, -0.05) is 6.07 Å². The molecule has 0 radical (unpaired) electrons. The van der Waals surface area contributed by atoms with E-state index in [9.17, 15) is 18.0 Å². The number of hydrogen-bond donors (Lipinski definition) is 1. The van der Waals surface area contributed by atoms with Crippen LogP contribution in [0.2, 0.25) is 0 Å². The summed E-state index contributed by atoms with van der Waals surface area (Å²) in [5.41, 5.74) is 0.768. The van der Waals surface area contributed by atoms with E-state index in [1.165, 1.54) is 17.3 Å². The summed E-state index contributed by atoms with van der Waals surface area (Å²) >= 11 is 0. The Balaban J connectivity index is 1.39. The molecule has 2 aromatic heterocycles. The number of sulfone groups is 1. The number of nitrogens with zero attached hydrogens (tertiary/aromatic N) is 5. The van der Waals surface area contributed by atoms with Crippen molar-refractivity contribution in [2.45, 2.75) is 25.4 Å². The van der Waals surface area contributed by atoms with Gasteiger partial charge in [-0.05, 0) is 12.5 Å². The molecule has 4 rings (SSSR count). The van der Waals surface area contributed by atoms with E-state index in [2.05, 4.69) is 20.4 Å². The molecule has 2 fully saturated rings. The number of amides is 2. The van der Waals surface area contributed by atoms with Gasteiger partial charge in [0, 0.05) is 37.3 Å². The summed E-state index contributed by atoms with van der Waals surface area (Å²) in [4.78, 5) is 34.6. The van der Waals surface area contributed by atoms with E-state index < -0.39 is 15.8 Å². The van der Waals surface area contributed by atoms with Gasteiger partial charge in [0.05, 0.1) is 17.4 Å². The van der Waals surface area contributed by atoms with Crippen LogP contribution < -0.4 is 5.32 Å². The topological polar surface area (TPSA) is 127 Å². The molecular weight excluding hydrogens is 384 g/mol. The lowest BCUT2D eigenvalue weighted by atomic mass is 10.1. The molecule has 0 spiro atoms. The van der Waals surface area contributed by atoms with Gasteiger partial charge in [0.2, 0.25) is 11.8 Å². The first-order valence-electron chi connectivity index (χ1n) is 8.99. The fourth-order valence-electron chi connectivity index (χ4n) is 3.70. The monoisotopic (exact) mass is 404 g/mol. The molecule has 0 bridgehead atoms. The zero-order valence-electron chi connectivity index (χ0n) is 15.1. The van der Waals surface area contributed by atoms with Gasteiger partial charge in [-0.3, -0.25) is 9.59 Å². The molecule has 0 aromatic carbocycles. The molecule has 4 heterocycles. The molecule has 0 unspecified atom stereocenters. The van der Waals surface area contributed by atoms with Crippen LogP contribution in [0.5, 0.6) is 0 Å². The first kappa shape index (κ1) is 18.5. The Kier molecular flexibility index (Phi) is 4.84. The zero-order valence-corrected chi connectivity index (χ0v) is 15.9. The second kappa shape index (κ2) is 7.30. The highest BCUT2D eigenvalue weighted by Crippen LogP contribution is 2.26. The smallest absolute Gasteiger partial charge is 0.225 e. The molecule has 11 heteroatoms. The normalized spacial score (nSPS) is 23.9. The molecule has 2 atom stereocenters. The summed E-state index contributed by atoms with van der Waals surface area (Å²) in [5.74, 6) is -0.214. The molecule has 28 heavy (non-hydrogen) atoms. The minimum Gasteiger partial charge on any atom is -0.352 e. The number of likely N-dealkylation sites (tertiary alicyclic amines) is 1. The highest BCUT2D eigenvalue weighted by molar-refractivity contribution is 7.91. The SMILES string of the molecule is O=C(NCc1cccnc1-n1cncn1)[C@H]1CC(=O)N([C@@H]2CCS(=O)(=O)C2)C1. The van der Waals surface area contributed by atoms with Crippen molar-refractivity contribution in [1.29, 1.82) is 0 Å². The first-order valence-corrected chi connectivity index (χ1v) is 10.8. The standard InChI is InChI=1S/C17H20N6O4S/c24-15-6-13(8-22(15)14-3-5-28(26,27)9-14)17(25)20-7-12-2-1-4-19-16(12)23-11-18-10-21-23/h1-2,4,10-11,13-14H,3,5-9H2,(H,20,25)/t13-,14+/m0/s1. The minimum absolute atomic E-state index is 0.00989. The summed E-state index contributed by atoms with van der Waals surface area (Å²) in [6.45, 7) is 0.498. The number of carbonyl (C=O) groups excluding carboxylic acids is 2. The van der Waals surface area contributed by atoms with Crippen molar-refractivity contribution in [2.24, 2.45) is 5.92 Å². The van der Waals surface area contributed by atoms with E-state index in [0.717, 1.165) is 5.56 Å². The van der Waals surface area contributed by atoms with E-state index in [0.29, 0.717) is 12.2 Å². The van der Waals surface area contributed by atoms with Crippen LogP contribution in [-0.2, 0) is 26.0 Å². The third-order valence-corrected chi connectivity index (χ3v) is 6.89. The molecular formula is C17H20N6O4S. The molecule has 2 aliphatic rings. The van der Waals surface area contributed by atoms with Crippen molar-refractivity contribution in [3.8, 4) is 5.82 Å². The maximum absolute atomic E-state index is 12.6. The van der Waals surface area contributed by atoms with Crippen LogP contribution in [0.4, 0.5) is 0 Å². The molecule has 2 saturated heterocycles. The van der Waals surface area contributed by atoms with E-state index in [4.69, 9.17) is 0 Å². The number of hydrogen-bond acceptors (Lipinski definition) is 7. The fourth-order valence-corrected chi connectivity index (χ4v) is 5.43. The van der Waals surface area contributed by atoms with Crippen LogP contribution in [0.15, 0.2) is 31.0 Å². The lowest BCUT2D eigenvalue weighted by molar-refractivity contribution is -0.130. The van der Waals surface area contributed by atoms with Crippen molar-refractivity contribution in [3.05, 3.63) is 36.5 Å². The van der Waals surface area contributed by atoms with Gasteiger partial charge in [-0.2, -0.15) is 5.10 Å². The van der Waals surface area contributed by atoms with Gasteiger partial charge >= 0.3 is 0 Å². The third-order valence-electron chi connectivity index (χ3n) is 5.13. The van der Waals surface area contributed by atoms with Gasteiger partial charge in [-0.25, -0.2) is 23.1 Å². The van der Waals surface area contributed by atoms with Crippen molar-refractivity contribution in [3.63, 3.8) is 0 Å². The second-order valence-corrected chi connectivity index (χ2v) is 9.28. The molecule has 10 nitrogen and oxygen atoms in total. The molecule has 0 saturated carbocycles. The Morgan fingerprint density at radius 3 is 2.93 bits per heavy atom. The average Bonchev–Trinajstić information content (AvgIpc) is 3.40. The molecule has 148 valence electrons. The highest BCUT2D eigenvalue weighted by atomic mass is 32.2. The van der Waals surface area contributed by atoms with Gasteiger partial charge in [0.1, 0.15) is 12.7 Å². The Labute approximate surface area is 161 Å². The quantitative estimate of drug-likeness (QED) is 0.699. The lowest BCUT2D eigenvalue weighted by Crippen LogP contribution is -2.39. The average molecular weight is 404 g/mol. The largest absolute Gasteiger partial charge is 0.352 e. The van der Waals surface area contributed by atoms with Gasteiger partial charge < -0.3 is 10.2 Å². The van der Waals surface area contributed by atoms with E-state index >= 15 is 0 Å². The molecule has 1 N–H and O–H groups in total. The highest BCUT2D eigenvalue weighted by Gasteiger charge is 2.41. The van der Waals surface area contributed by atoms with Crippen molar-refractivity contribution >= 4 is 21.7 Å². The van der Waals surface area contributed by atoms with Crippen LogP contribution in [0.25, 0.3) is 5.82 Å². The van der Waals surface area contributed by atoms with Gasteiger partial charge in [0.15, 0.2) is 15.7 Å². The zero-order chi connectivity index (χ0) is 19.7. The number of aromatic nitrogens is 4. The fraction of sp³-hybridized carbons (Fsp3) is 0.471. The Hall–Kier alpha value is -2.82. The molecule has 2 aromatic rings. The summed E-state index contributed by atoms with van der Waals surface area (Å²) in [7, 11) is -3.08. The van der Waals surface area contributed by atoms with Gasteiger partial charge in [-0.15, -0.1) is 0 Å². The van der Waals surface area contributed by atoms with Crippen molar-refractivity contribution in [2.75, 3.05) is 18.1 Å². The molecule has 0 aliphatic carbocycles. The number of pyridine rings is 1. The van der Waals surface area contributed by atoms with Crippen LogP contribution in [0.3, 0.4) is 0 Å². The number of rotatable bonds is 5. The summed E-state index contributed by atoms with van der Waals surface area (Å²) in [6, 6.07) is 3.29. The van der Waals surface area contributed by atoms with E-state index in [1.807, 2.05) is 6.07 Å². The molecule has 2 amide bonds. The second-order valence-electron chi connectivity index (χ2n) is 7.05. The Morgan fingerprint density at radius 2 is 2.21 bits per heavy atom. The lowest BCUT2D eigenvalue weighted by Gasteiger charge is -2.23. The van der Waals surface area contributed by atoms with E-state index in [-0.39, 0.29) is 48.9 Å². The predicted molar refractivity (Wildman–Crippen MR) is 97.9 cm³/mol. The minimum atomic E-state index is -3.08. The number of carbonyl (C=O) groups is 2. The third kappa shape index (κ3) is 3.75. The first-order chi connectivity index (χ1) is 13.4. The van der Waals surface area contributed by atoms with Crippen LogP contribution in [0.1, 0.15) is 18.4 Å². The molecule has 2 aliphatic heterocycles. The maximum atomic E-state index is 12.6. The van der Waals surface area contributed by atoms with Crippen LogP contribution >= 0.6 is 0 Å². The Bertz CT molecular complexity index is 991. The van der Waals surface area contributed by atoms with E-state index in [1.54, 1.807) is 17.2 Å². The van der Waals surface area contributed by atoms with Crippen molar-refractivity contribution in [1.82, 2.24) is 30.0 Å². The van der Waals surface area contributed by atoms with Crippen molar-refractivity contribution < 1.29 is 18.0 Å². The van der Waals surface area contributed by atoms with Gasteiger partial charge in [0.25, 0.3) is 0 Å². The summed E-state index contributed by atoms with van der Waals surface area (Å²) < 4.78 is 24.9. The maximum Gasteiger partial charge on any atom is 0.225 e.